The predicted octanol–water partition coefficient (Wildman–Crippen LogP) is 19.1. The lowest BCUT2D eigenvalue weighted by molar-refractivity contribution is -0.137. The Morgan fingerprint density at radius 3 is 1.17 bits per heavy atom. The second-order valence-corrected chi connectivity index (χ2v) is 30.8. The topological polar surface area (TPSA) is 247 Å². The molecule has 0 spiro atoms. The van der Waals surface area contributed by atoms with Crippen molar-refractivity contribution in [2.75, 3.05) is 21.3 Å². The van der Waals surface area contributed by atoms with Gasteiger partial charge < -0.3 is 45.9 Å². The molecule has 4 aromatic carbocycles. The number of benzene rings is 4. The average molecular weight is 1390 g/mol. The van der Waals surface area contributed by atoms with Crippen molar-refractivity contribution in [1.82, 2.24) is 34.8 Å². The van der Waals surface area contributed by atoms with Crippen LogP contribution in [0.2, 0.25) is 0 Å². The molecule has 14 rings (SSSR count). The van der Waals surface area contributed by atoms with Crippen LogP contribution in [-0.2, 0) is 47.1 Å². The molecule has 4 fully saturated rings. The monoisotopic (exact) mass is 1390 g/mol. The minimum atomic E-state index is -0.638. The molecule has 18 heteroatoms. The molecular formula is C86H95N11O7. The predicted molar refractivity (Wildman–Crippen MR) is 414 cm³/mol. The summed E-state index contributed by atoms with van der Waals surface area (Å²) in [5.74, 6) is -1.05. The van der Waals surface area contributed by atoms with Crippen LogP contribution in [0, 0.1) is 21.7 Å². The average Bonchev–Trinajstić information content (AvgIpc) is 1.58. The summed E-state index contributed by atoms with van der Waals surface area (Å²) >= 11 is 0. The Morgan fingerprint density at radius 2 is 0.798 bits per heavy atom. The van der Waals surface area contributed by atoms with E-state index in [1.165, 1.54) is 0 Å². The Labute approximate surface area is 608 Å². The van der Waals surface area contributed by atoms with Crippen LogP contribution in [0.25, 0.3) is 90.6 Å². The molecule has 4 saturated carbocycles. The number of imidazole rings is 1. The van der Waals surface area contributed by atoms with Gasteiger partial charge in [0.05, 0.1) is 35.6 Å². The Bertz CT molecular complexity index is 4890. The SMILES string of the molecule is Cn1cnc(CNC(=O)CCCC(=O)OC2=Cc3nc2c(-c2ccccc2NC(=O)C2(C)CCCCC2)c2ccc([nH]2)c(-c2ccccc2NC(=O)C2(C)CCCCC2)c2nc(c(-c4ccccc4NC(=O)C4(C)CCCCC4)c4ccc([nH]4)c3-c3ccccc3NC(=O)C3(C)CCCCC3)C=C2)c1. The fourth-order valence-electron chi connectivity index (χ4n) is 16.4. The number of aryl methyl sites for hydroxylation is 1. The van der Waals surface area contributed by atoms with Crippen LogP contribution in [0.3, 0.4) is 0 Å². The van der Waals surface area contributed by atoms with Crippen LogP contribution in [-0.4, -0.2) is 65.0 Å². The van der Waals surface area contributed by atoms with Gasteiger partial charge in [0.15, 0.2) is 5.76 Å². The number of esters is 1. The van der Waals surface area contributed by atoms with Crippen molar-refractivity contribution < 1.29 is 33.5 Å². The van der Waals surface area contributed by atoms with Gasteiger partial charge in [-0.2, -0.15) is 0 Å². The molecule has 0 atom stereocenters. The molecule has 18 nitrogen and oxygen atoms in total. The summed E-state index contributed by atoms with van der Waals surface area (Å²) in [7, 11) is 1.86. The van der Waals surface area contributed by atoms with Gasteiger partial charge in [-0.05, 0) is 118 Å². The first-order valence-corrected chi connectivity index (χ1v) is 37.6. The maximum Gasteiger partial charge on any atom is 0.311 e. The summed E-state index contributed by atoms with van der Waals surface area (Å²) in [6.45, 7) is 8.45. The lowest BCUT2D eigenvalue weighted by Gasteiger charge is -2.32. The number of carbonyl (C=O) groups is 6. The number of nitrogens with one attached hydrogen (secondary N) is 7. The van der Waals surface area contributed by atoms with E-state index in [9.17, 15) is 28.8 Å². The van der Waals surface area contributed by atoms with Crippen molar-refractivity contribution in [3.63, 3.8) is 0 Å². The molecule has 0 unspecified atom stereocenters. The summed E-state index contributed by atoms with van der Waals surface area (Å²) in [6, 6.07) is 38.9. The summed E-state index contributed by atoms with van der Waals surface area (Å²) in [5, 5.41) is 16.6. The molecule has 7 N–H and O–H groups in total. The number of hydrogen-bond acceptors (Lipinski definition) is 10. The molecule has 0 radical (unpaired) electrons. The number of aromatic nitrogens is 6. The zero-order valence-electron chi connectivity index (χ0n) is 60.6. The third kappa shape index (κ3) is 14.9. The second-order valence-electron chi connectivity index (χ2n) is 30.8. The zero-order chi connectivity index (χ0) is 72.2. The van der Waals surface area contributed by atoms with Gasteiger partial charge in [0, 0.05) is 143 Å². The molecule has 5 amide bonds. The Balaban J connectivity index is 1.05. The molecule has 6 heterocycles. The molecule has 536 valence electrons. The molecule has 104 heavy (non-hydrogen) atoms. The minimum Gasteiger partial charge on any atom is -0.424 e. The fourth-order valence-corrected chi connectivity index (χ4v) is 16.4. The number of ether oxygens (including phenoxy) is 1. The summed E-state index contributed by atoms with van der Waals surface area (Å²) in [5.41, 5.74) is 9.66. The third-order valence-corrected chi connectivity index (χ3v) is 22.9. The molecule has 4 aliphatic carbocycles. The lowest BCUT2D eigenvalue weighted by Crippen LogP contribution is -2.35. The molecule has 6 aliphatic rings. The number of hydrogen-bond donors (Lipinski definition) is 7. The number of aromatic amines is 2. The first-order valence-electron chi connectivity index (χ1n) is 37.6. The number of anilines is 4. The van der Waals surface area contributed by atoms with Gasteiger partial charge in [-0.3, -0.25) is 28.8 Å². The number of nitrogens with zero attached hydrogens (tertiary/aromatic N) is 4. The van der Waals surface area contributed by atoms with Gasteiger partial charge in [-0.25, -0.2) is 15.0 Å². The van der Waals surface area contributed by atoms with E-state index in [1.807, 2.05) is 165 Å². The lowest BCUT2D eigenvalue weighted by atomic mass is 9.75. The van der Waals surface area contributed by atoms with E-state index in [4.69, 9.17) is 14.7 Å². The molecule has 4 aromatic heterocycles. The van der Waals surface area contributed by atoms with Crippen LogP contribution in [0.15, 0.2) is 134 Å². The first kappa shape index (κ1) is 70.5. The number of fused-ring (bicyclic) bond motifs is 8. The maximum absolute atomic E-state index is 15.0. The number of rotatable bonds is 19. The smallest absolute Gasteiger partial charge is 0.311 e. The fraction of sp³-hybridized carbons (Fsp3) is 0.384. The largest absolute Gasteiger partial charge is 0.424 e. The normalized spacial score (nSPS) is 17.2. The highest BCUT2D eigenvalue weighted by Crippen LogP contribution is 2.48. The second kappa shape index (κ2) is 30.1. The van der Waals surface area contributed by atoms with Gasteiger partial charge in [0.2, 0.25) is 29.5 Å². The highest BCUT2D eigenvalue weighted by atomic mass is 16.5. The van der Waals surface area contributed by atoms with E-state index >= 15 is 0 Å². The van der Waals surface area contributed by atoms with Crippen molar-refractivity contribution in [2.45, 2.75) is 182 Å². The van der Waals surface area contributed by atoms with E-state index in [2.05, 4.69) is 55.4 Å². The van der Waals surface area contributed by atoms with Crippen LogP contribution in [0.5, 0.6) is 0 Å². The summed E-state index contributed by atoms with van der Waals surface area (Å²) in [4.78, 5) is 111. The van der Waals surface area contributed by atoms with Crippen molar-refractivity contribution in [2.24, 2.45) is 28.7 Å². The van der Waals surface area contributed by atoms with Crippen LogP contribution < -0.4 is 26.6 Å². The van der Waals surface area contributed by atoms with E-state index in [-0.39, 0.29) is 66.8 Å². The molecule has 8 bridgehead atoms. The number of para-hydroxylation sites is 4. The number of H-pyrrole nitrogens is 2. The van der Waals surface area contributed by atoms with Crippen molar-refractivity contribution in [3.8, 4) is 44.5 Å². The number of amides is 5. The van der Waals surface area contributed by atoms with Crippen molar-refractivity contribution in [3.05, 3.63) is 162 Å². The summed E-state index contributed by atoms with van der Waals surface area (Å²) < 4.78 is 8.54. The molecular weight excluding hydrogens is 1300 g/mol. The maximum atomic E-state index is 15.0. The van der Waals surface area contributed by atoms with E-state index < -0.39 is 27.6 Å². The quantitative estimate of drug-likeness (QED) is 0.0377. The van der Waals surface area contributed by atoms with Crippen molar-refractivity contribution in [1.29, 1.82) is 0 Å². The van der Waals surface area contributed by atoms with Crippen LogP contribution in [0.4, 0.5) is 22.7 Å². The minimum absolute atomic E-state index is 0.0440. The standard InChI is InChI=1S/C86H95N11O7/c1-83(43-18-6-19-44-83)79(100)93-60-31-14-10-27-56(60)74-64-37-38-65(89-64)75(57-28-11-15-32-61(57)94-80(101)84(2)45-20-7-21-46-84)67-41-42-69(91-67)77(59-30-13-17-34-63(59)96-82(103)86(4)49-24-9-25-50-86)78-71(104-73(99)36-26-35-72(98)87-52-55-53-97(5)54-88-55)51-70(92-78)76(68-40-39-66(74)90-68)58-29-12-16-33-62(58)95-81(102)85(3)47-22-8-23-48-85/h10-17,27-34,37-42,51,53-54,90-91H,6-9,18-26,35-36,43-50,52H2,1-5H3,(H,87,98)(H,93,100)(H,94,101)(H,95,102)(H,96,103). The van der Waals surface area contributed by atoms with Crippen LogP contribution in [0.1, 0.15) is 204 Å². The van der Waals surface area contributed by atoms with Gasteiger partial charge in [0.1, 0.15) is 5.69 Å². The van der Waals surface area contributed by atoms with E-state index in [1.54, 1.807) is 12.4 Å². The highest BCUT2D eigenvalue weighted by molar-refractivity contribution is 6.10. The third-order valence-electron chi connectivity index (χ3n) is 22.9. The molecule has 8 aromatic rings. The van der Waals surface area contributed by atoms with E-state index in [0.717, 1.165) is 128 Å². The summed E-state index contributed by atoms with van der Waals surface area (Å²) in [6.07, 6.45) is 27.3. The Hall–Kier alpha value is -10.5. The molecule has 2 aliphatic heterocycles. The number of carbonyl (C=O) groups excluding carboxylic acids is 6. The highest BCUT2D eigenvalue weighted by Gasteiger charge is 2.40. The van der Waals surface area contributed by atoms with Crippen LogP contribution >= 0.6 is 0 Å². The van der Waals surface area contributed by atoms with Gasteiger partial charge in [-0.1, -0.05) is 178 Å². The van der Waals surface area contributed by atoms with Gasteiger partial charge in [0.25, 0.3) is 0 Å². The first-order chi connectivity index (χ1) is 50.3. The van der Waals surface area contributed by atoms with E-state index in [0.29, 0.717) is 112 Å². The zero-order valence-corrected chi connectivity index (χ0v) is 60.6. The van der Waals surface area contributed by atoms with Gasteiger partial charge in [-0.15, -0.1) is 0 Å². The molecule has 0 saturated heterocycles. The van der Waals surface area contributed by atoms with Crippen molar-refractivity contribution >= 4 is 104 Å². The van der Waals surface area contributed by atoms with Gasteiger partial charge >= 0.3 is 5.97 Å². The Kier molecular flexibility index (Phi) is 20.4. The Morgan fingerprint density at radius 1 is 0.442 bits per heavy atom.